The van der Waals surface area contributed by atoms with Crippen LogP contribution < -0.4 is 16.0 Å². The molecular formula is C19H18ClN5O3. The Kier molecular flexibility index (Phi) is 7.51. The number of halogens is 1. The highest BCUT2D eigenvalue weighted by atomic mass is 35.5. The number of nitriles is 1. The highest BCUT2D eigenvalue weighted by Gasteiger charge is 2.20. The number of nitrogens with zero attached hydrogens (tertiary/aromatic N) is 1. The third-order valence-corrected chi connectivity index (χ3v) is 3.95. The lowest BCUT2D eigenvalue weighted by Crippen LogP contribution is -2.50. The molecule has 1 atom stereocenters. The molecular weight excluding hydrogens is 382 g/mol. The van der Waals surface area contributed by atoms with Crippen molar-refractivity contribution in [3.63, 3.8) is 0 Å². The summed E-state index contributed by atoms with van der Waals surface area (Å²) in [4.78, 5) is 23.7. The molecule has 5 N–H and O–H groups in total. The van der Waals surface area contributed by atoms with Gasteiger partial charge in [-0.25, -0.2) is 4.79 Å². The fourth-order valence-electron chi connectivity index (χ4n) is 2.31. The van der Waals surface area contributed by atoms with Crippen LogP contribution in [0.4, 0.5) is 10.5 Å². The van der Waals surface area contributed by atoms with E-state index in [0.29, 0.717) is 16.3 Å². The van der Waals surface area contributed by atoms with Crippen molar-refractivity contribution in [3.8, 4) is 6.07 Å². The molecule has 0 spiro atoms. The van der Waals surface area contributed by atoms with Crippen molar-refractivity contribution in [2.45, 2.75) is 12.5 Å². The van der Waals surface area contributed by atoms with Gasteiger partial charge in [-0.05, 0) is 48.4 Å². The van der Waals surface area contributed by atoms with Crippen molar-refractivity contribution < 1.29 is 14.7 Å². The topological polar surface area (TPSA) is 138 Å². The quantitative estimate of drug-likeness (QED) is 0.374. The number of amides is 3. The highest BCUT2D eigenvalue weighted by Crippen LogP contribution is 2.12. The maximum atomic E-state index is 12.3. The monoisotopic (exact) mass is 399 g/mol. The Hall–Kier alpha value is -3.41. The maximum Gasteiger partial charge on any atom is 0.319 e. The van der Waals surface area contributed by atoms with Crippen LogP contribution in [0.25, 0.3) is 0 Å². The number of anilines is 1. The minimum absolute atomic E-state index is 0.225. The van der Waals surface area contributed by atoms with Crippen LogP contribution in [0, 0.1) is 16.7 Å². The predicted molar refractivity (Wildman–Crippen MR) is 105 cm³/mol. The molecule has 0 aliphatic rings. The number of carbonyl (C=O) groups is 2. The zero-order chi connectivity index (χ0) is 20.5. The van der Waals surface area contributed by atoms with Crippen molar-refractivity contribution in [1.29, 1.82) is 10.7 Å². The number of benzene rings is 2. The molecule has 28 heavy (non-hydrogen) atoms. The lowest BCUT2D eigenvalue weighted by Gasteiger charge is -2.20. The van der Waals surface area contributed by atoms with Gasteiger partial charge >= 0.3 is 6.03 Å². The normalized spacial score (nSPS) is 11.0. The number of aliphatic hydroxyl groups is 1. The minimum Gasteiger partial charge on any atom is -0.387 e. The first-order valence-corrected chi connectivity index (χ1v) is 8.60. The Morgan fingerprint density at radius 1 is 1.14 bits per heavy atom. The molecule has 0 heterocycles. The van der Waals surface area contributed by atoms with Gasteiger partial charge in [-0.1, -0.05) is 23.7 Å². The van der Waals surface area contributed by atoms with Crippen LogP contribution in [0.15, 0.2) is 48.5 Å². The Bertz CT molecular complexity index is 891. The molecule has 2 aromatic carbocycles. The second kappa shape index (κ2) is 10.1. The second-order valence-electron chi connectivity index (χ2n) is 5.79. The van der Waals surface area contributed by atoms with E-state index in [4.69, 9.17) is 27.4 Å². The first kappa shape index (κ1) is 20.9. The highest BCUT2D eigenvalue weighted by molar-refractivity contribution is 6.30. The molecule has 0 saturated carbocycles. The van der Waals surface area contributed by atoms with Crippen molar-refractivity contribution >= 4 is 35.1 Å². The number of aliphatic hydroxyl groups excluding tert-OH is 1. The molecule has 2 aromatic rings. The van der Waals surface area contributed by atoms with E-state index in [9.17, 15) is 9.59 Å². The Labute approximate surface area is 166 Å². The largest absolute Gasteiger partial charge is 0.387 e. The number of nitrogens with one attached hydrogen (secondary N) is 4. The first-order chi connectivity index (χ1) is 13.4. The molecule has 0 radical (unpaired) electrons. The van der Waals surface area contributed by atoms with Gasteiger partial charge in [0.1, 0.15) is 12.4 Å². The van der Waals surface area contributed by atoms with Gasteiger partial charge in [0, 0.05) is 10.7 Å². The van der Waals surface area contributed by atoms with E-state index in [1.54, 1.807) is 48.5 Å². The SMILES string of the molecule is N#Cc1ccc(NC(=O)N[C@@H](Cc2ccc(Cl)cc2)C(=N)NC(=O)CO)cc1. The fourth-order valence-corrected chi connectivity index (χ4v) is 2.44. The minimum atomic E-state index is -0.852. The molecule has 0 bridgehead atoms. The van der Waals surface area contributed by atoms with Crippen LogP contribution in [0.2, 0.25) is 5.02 Å². The molecule has 8 nitrogen and oxygen atoms in total. The number of carbonyl (C=O) groups excluding carboxylic acids is 2. The molecule has 0 aliphatic carbocycles. The van der Waals surface area contributed by atoms with Crippen molar-refractivity contribution in [3.05, 3.63) is 64.7 Å². The van der Waals surface area contributed by atoms with Crippen molar-refractivity contribution in [1.82, 2.24) is 10.6 Å². The van der Waals surface area contributed by atoms with Crippen molar-refractivity contribution in [2.24, 2.45) is 0 Å². The standard InChI is InChI=1S/C19H18ClN5O3/c20-14-5-1-12(2-6-14)9-16(18(22)25-17(27)11-26)24-19(28)23-15-7-3-13(10-21)4-8-15/h1-8,16,26H,9,11H2,(H2,22,25,27)(H2,23,24,28)/t16-/m0/s1. The zero-order valence-corrected chi connectivity index (χ0v) is 15.5. The van der Waals surface area contributed by atoms with E-state index in [2.05, 4.69) is 16.0 Å². The lowest BCUT2D eigenvalue weighted by molar-refractivity contribution is -0.122. The van der Waals surface area contributed by atoms with Gasteiger partial charge in [-0.2, -0.15) is 5.26 Å². The van der Waals surface area contributed by atoms with Crippen LogP contribution in [-0.4, -0.2) is 35.5 Å². The van der Waals surface area contributed by atoms with Crippen LogP contribution in [0.1, 0.15) is 11.1 Å². The number of rotatable bonds is 6. The summed E-state index contributed by atoms with van der Waals surface area (Å²) in [5, 5.41) is 33.7. The van der Waals surface area contributed by atoms with E-state index >= 15 is 0 Å². The predicted octanol–water partition coefficient (Wildman–Crippen LogP) is 2.03. The molecule has 3 amide bonds. The average Bonchev–Trinajstić information content (AvgIpc) is 2.69. The summed E-state index contributed by atoms with van der Waals surface area (Å²) >= 11 is 5.87. The number of hydrogen-bond acceptors (Lipinski definition) is 5. The zero-order valence-electron chi connectivity index (χ0n) is 14.7. The van der Waals surface area contributed by atoms with Gasteiger partial charge < -0.3 is 21.1 Å². The summed E-state index contributed by atoms with van der Waals surface area (Å²) in [6.45, 7) is -0.770. The number of amidine groups is 1. The number of hydrogen-bond donors (Lipinski definition) is 5. The molecule has 0 saturated heterocycles. The molecule has 0 fully saturated rings. The van der Waals surface area contributed by atoms with Crippen molar-refractivity contribution in [2.75, 3.05) is 11.9 Å². The summed E-state index contributed by atoms with van der Waals surface area (Å²) in [7, 11) is 0. The van der Waals surface area contributed by atoms with E-state index in [1.807, 2.05) is 6.07 Å². The summed E-state index contributed by atoms with van der Waals surface area (Å²) < 4.78 is 0. The summed E-state index contributed by atoms with van der Waals surface area (Å²) in [6, 6.07) is 13.7. The van der Waals surface area contributed by atoms with Gasteiger partial charge in [0.05, 0.1) is 17.7 Å². The van der Waals surface area contributed by atoms with E-state index in [1.165, 1.54) is 0 Å². The van der Waals surface area contributed by atoms with Crippen LogP contribution >= 0.6 is 11.6 Å². The Balaban J connectivity index is 2.09. The molecule has 9 heteroatoms. The van der Waals surface area contributed by atoms with Gasteiger partial charge in [0.25, 0.3) is 5.91 Å². The lowest BCUT2D eigenvalue weighted by atomic mass is 10.0. The summed E-state index contributed by atoms with van der Waals surface area (Å²) in [5.74, 6) is -1.01. The molecule has 144 valence electrons. The van der Waals surface area contributed by atoms with E-state index < -0.39 is 24.6 Å². The maximum absolute atomic E-state index is 12.3. The van der Waals surface area contributed by atoms with Crippen LogP contribution in [-0.2, 0) is 11.2 Å². The van der Waals surface area contributed by atoms with Crippen LogP contribution in [0.5, 0.6) is 0 Å². The average molecular weight is 400 g/mol. The van der Waals surface area contributed by atoms with Gasteiger partial charge in [-0.15, -0.1) is 0 Å². The second-order valence-corrected chi connectivity index (χ2v) is 6.23. The fraction of sp³-hybridized carbons (Fsp3) is 0.158. The van der Waals surface area contributed by atoms with E-state index in [0.717, 1.165) is 5.56 Å². The molecule has 0 unspecified atom stereocenters. The Morgan fingerprint density at radius 2 is 1.79 bits per heavy atom. The molecule has 0 aliphatic heterocycles. The van der Waals surface area contributed by atoms with Crippen LogP contribution in [0.3, 0.4) is 0 Å². The summed E-state index contributed by atoms with van der Waals surface area (Å²) in [6.07, 6.45) is 0.225. The summed E-state index contributed by atoms with van der Waals surface area (Å²) in [5.41, 5.74) is 1.71. The van der Waals surface area contributed by atoms with E-state index in [-0.39, 0.29) is 12.3 Å². The first-order valence-electron chi connectivity index (χ1n) is 8.22. The smallest absolute Gasteiger partial charge is 0.319 e. The molecule has 2 rings (SSSR count). The third kappa shape index (κ3) is 6.39. The van der Waals surface area contributed by atoms with Gasteiger partial charge in [0.2, 0.25) is 0 Å². The van der Waals surface area contributed by atoms with Gasteiger partial charge in [0.15, 0.2) is 0 Å². The number of urea groups is 1. The van der Waals surface area contributed by atoms with Gasteiger partial charge in [-0.3, -0.25) is 10.2 Å². The third-order valence-electron chi connectivity index (χ3n) is 3.70. The molecule has 0 aromatic heterocycles. The Morgan fingerprint density at radius 3 is 2.36 bits per heavy atom.